The Labute approximate surface area is 201 Å². The third kappa shape index (κ3) is 6.22. The van der Waals surface area contributed by atoms with Crippen LogP contribution >= 0.6 is 11.8 Å². The smallest absolute Gasteiger partial charge is 0.338 e. The van der Waals surface area contributed by atoms with Crippen molar-refractivity contribution in [3.05, 3.63) is 59.7 Å². The molecular formula is C24H25N3O6S. The largest absolute Gasteiger partial charge is 0.462 e. The molecule has 0 aromatic heterocycles. The highest BCUT2D eigenvalue weighted by molar-refractivity contribution is 8.15. The number of hydrogen-bond donors (Lipinski definition) is 1. The highest BCUT2D eigenvalue weighted by Gasteiger charge is 2.34. The molecule has 10 heteroatoms. The van der Waals surface area contributed by atoms with Crippen molar-refractivity contribution < 1.29 is 28.7 Å². The molecule has 1 fully saturated rings. The fourth-order valence-corrected chi connectivity index (χ4v) is 4.09. The summed E-state index contributed by atoms with van der Waals surface area (Å²) in [6.45, 7) is 4.02. The minimum Gasteiger partial charge on any atom is -0.462 e. The highest BCUT2D eigenvalue weighted by Crippen LogP contribution is 2.29. The molecule has 34 heavy (non-hydrogen) atoms. The number of hydrogen-bond acceptors (Lipinski definition) is 8. The molecule has 0 radical (unpaired) electrons. The quantitative estimate of drug-likeness (QED) is 0.598. The number of ether oxygens (including phenoxy) is 2. The van der Waals surface area contributed by atoms with Gasteiger partial charge in [0, 0.05) is 19.2 Å². The SMILES string of the molecule is CCOC(=O)c1ccc(N=C2SC(C(=O)Nc3ccc(C(=O)OCC)cc3)CC(=O)N2C)cc1. The van der Waals surface area contributed by atoms with Gasteiger partial charge in [0.1, 0.15) is 5.25 Å². The second kappa shape index (κ2) is 11.5. The lowest BCUT2D eigenvalue weighted by atomic mass is 10.2. The maximum atomic E-state index is 12.8. The van der Waals surface area contributed by atoms with Gasteiger partial charge in [-0.05, 0) is 62.4 Å². The normalized spacial score (nSPS) is 16.8. The summed E-state index contributed by atoms with van der Waals surface area (Å²) < 4.78 is 9.92. The van der Waals surface area contributed by atoms with E-state index in [9.17, 15) is 19.2 Å². The number of benzene rings is 2. The molecule has 0 aliphatic carbocycles. The second-order valence-electron chi connectivity index (χ2n) is 7.21. The average Bonchev–Trinajstić information content (AvgIpc) is 2.83. The number of anilines is 1. The Hall–Kier alpha value is -3.66. The van der Waals surface area contributed by atoms with Crippen LogP contribution in [0.5, 0.6) is 0 Å². The van der Waals surface area contributed by atoms with Crippen molar-refractivity contribution in [2.75, 3.05) is 25.6 Å². The Kier molecular flexibility index (Phi) is 8.42. The van der Waals surface area contributed by atoms with Gasteiger partial charge in [0.25, 0.3) is 0 Å². The summed E-state index contributed by atoms with van der Waals surface area (Å²) in [5, 5.41) is 2.47. The van der Waals surface area contributed by atoms with Crippen molar-refractivity contribution in [2.45, 2.75) is 25.5 Å². The molecule has 0 bridgehead atoms. The van der Waals surface area contributed by atoms with Crippen molar-refractivity contribution >= 4 is 52.1 Å². The molecule has 2 aromatic rings. The molecule has 2 aromatic carbocycles. The topological polar surface area (TPSA) is 114 Å². The summed E-state index contributed by atoms with van der Waals surface area (Å²) >= 11 is 1.18. The number of aliphatic imine (C=N–C) groups is 1. The average molecular weight is 484 g/mol. The van der Waals surface area contributed by atoms with Gasteiger partial charge in [0.05, 0.1) is 30.0 Å². The summed E-state index contributed by atoms with van der Waals surface area (Å²) in [6.07, 6.45) is 0.0225. The number of carbonyl (C=O) groups is 4. The lowest BCUT2D eigenvalue weighted by Crippen LogP contribution is -2.43. The van der Waals surface area contributed by atoms with Gasteiger partial charge in [0.15, 0.2) is 5.17 Å². The Balaban J connectivity index is 1.69. The van der Waals surface area contributed by atoms with Crippen molar-refractivity contribution in [3.63, 3.8) is 0 Å². The molecule has 1 unspecified atom stereocenters. The van der Waals surface area contributed by atoms with Gasteiger partial charge >= 0.3 is 11.9 Å². The van der Waals surface area contributed by atoms with Crippen LogP contribution in [0.15, 0.2) is 53.5 Å². The van der Waals surface area contributed by atoms with Gasteiger partial charge in [-0.25, -0.2) is 14.6 Å². The number of nitrogens with zero attached hydrogens (tertiary/aromatic N) is 2. The van der Waals surface area contributed by atoms with Crippen molar-refractivity contribution in [1.82, 2.24) is 4.90 Å². The summed E-state index contributed by atoms with van der Waals surface area (Å²) in [4.78, 5) is 54.8. The summed E-state index contributed by atoms with van der Waals surface area (Å²) in [5.74, 6) is -1.44. The van der Waals surface area contributed by atoms with Crippen LogP contribution in [-0.4, -0.2) is 59.3 Å². The first-order chi connectivity index (χ1) is 16.3. The molecule has 3 rings (SSSR count). The van der Waals surface area contributed by atoms with Gasteiger partial charge in [-0.15, -0.1) is 0 Å². The summed E-state index contributed by atoms with van der Waals surface area (Å²) in [5.41, 5.74) is 1.81. The van der Waals surface area contributed by atoms with E-state index in [0.29, 0.717) is 27.7 Å². The maximum Gasteiger partial charge on any atom is 0.338 e. The molecule has 1 heterocycles. The first kappa shape index (κ1) is 25.0. The predicted molar refractivity (Wildman–Crippen MR) is 129 cm³/mol. The van der Waals surface area contributed by atoms with Gasteiger partial charge in [-0.3, -0.25) is 14.5 Å². The van der Waals surface area contributed by atoms with Gasteiger partial charge in [-0.2, -0.15) is 0 Å². The van der Waals surface area contributed by atoms with Crippen LogP contribution in [-0.2, 0) is 19.1 Å². The van der Waals surface area contributed by atoms with Gasteiger partial charge in [0.2, 0.25) is 11.8 Å². The number of nitrogens with one attached hydrogen (secondary N) is 1. The van der Waals surface area contributed by atoms with E-state index in [2.05, 4.69) is 10.3 Å². The molecule has 0 saturated carbocycles. The Bertz CT molecular complexity index is 1100. The number of carbonyl (C=O) groups excluding carboxylic acids is 4. The van der Waals surface area contributed by atoms with Crippen LogP contribution < -0.4 is 5.32 Å². The summed E-state index contributed by atoms with van der Waals surface area (Å²) in [7, 11) is 1.60. The van der Waals surface area contributed by atoms with Crippen LogP contribution in [0.25, 0.3) is 0 Å². The molecule has 1 N–H and O–H groups in total. The fraction of sp³-hybridized carbons (Fsp3) is 0.292. The van der Waals surface area contributed by atoms with E-state index in [1.165, 1.54) is 16.7 Å². The number of amides is 2. The van der Waals surface area contributed by atoms with Crippen molar-refractivity contribution in [1.29, 1.82) is 0 Å². The monoisotopic (exact) mass is 483 g/mol. The standard InChI is InChI=1S/C24H25N3O6S/c1-4-32-22(30)15-6-10-17(11-7-15)25-21(29)19-14-20(28)27(3)24(34-19)26-18-12-8-16(9-13-18)23(31)33-5-2/h6-13,19H,4-5,14H2,1-3H3,(H,25,29). The highest BCUT2D eigenvalue weighted by atomic mass is 32.2. The first-order valence-corrected chi connectivity index (χ1v) is 11.6. The zero-order valence-corrected chi connectivity index (χ0v) is 19.9. The van der Waals surface area contributed by atoms with Gasteiger partial charge in [-0.1, -0.05) is 11.8 Å². The zero-order valence-electron chi connectivity index (χ0n) is 19.1. The minimum absolute atomic E-state index is 0.0225. The Morgan fingerprint density at radius 1 is 0.971 bits per heavy atom. The van der Waals surface area contributed by atoms with Crippen LogP contribution in [0.2, 0.25) is 0 Å². The van der Waals surface area contributed by atoms with Crippen LogP contribution in [0.1, 0.15) is 41.0 Å². The summed E-state index contributed by atoms with van der Waals surface area (Å²) in [6, 6.07) is 12.8. The number of esters is 2. The Morgan fingerprint density at radius 3 is 2.03 bits per heavy atom. The number of thioether (sulfide) groups is 1. The first-order valence-electron chi connectivity index (χ1n) is 10.7. The molecule has 0 spiro atoms. The molecule has 1 aliphatic rings. The van der Waals surface area contributed by atoms with E-state index in [1.807, 2.05) is 0 Å². The zero-order chi connectivity index (χ0) is 24.7. The predicted octanol–water partition coefficient (Wildman–Crippen LogP) is 3.63. The van der Waals surface area contributed by atoms with E-state index in [4.69, 9.17) is 9.47 Å². The van der Waals surface area contributed by atoms with E-state index >= 15 is 0 Å². The molecule has 1 atom stereocenters. The lowest BCUT2D eigenvalue weighted by molar-refractivity contribution is -0.128. The molecule has 1 aliphatic heterocycles. The van der Waals surface area contributed by atoms with Crippen molar-refractivity contribution in [2.24, 2.45) is 4.99 Å². The van der Waals surface area contributed by atoms with E-state index < -0.39 is 17.2 Å². The van der Waals surface area contributed by atoms with Gasteiger partial charge < -0.3 is 14.8 Å². The minimum atomic E-state index is -0.675. The maximum absolute atomic E-state index is 12.8. The molecule has 178 valence electrons. The molecule has 1 saturated heterocycles. The fourth-order valence-electron chi connectivity index (χ4n) is 3.02. The molecular weight excluding hydrogens is 458 g/mol. The Morgan fingerprint density at radius 2 is 1.50 bits per heavy atom. The number of rotatable bonds is 7. The molecule has 2 amide bonds. The van der Waals surface area contributed by atoms with Crippen LogP contribution in [0.3, 0.4) is 0 Å². The van der Waals surface area contributed by atoms with Crippen LogP contribution in [0, 0.1) is 0 Å². The second-order valence-corrected chi connectivity index (χ2v) is 8.38. The van der Waals surface area contributed by atoms with Crippen molar-refractivity contribution in [3.8, 4) is 0 Å². The van der Waals surface area contributed by atoms with E-state index in [1.54, 1.807) is 69.4 Å². The lowest BCUT2D eigenvalue weighted by Gasteiger charge is -2.28. The third-order valence-corrected chi connectivity index (χ3v) is 6.07. The third-order valence-electron chi connectivity index (χ3n) is 4.83. The molecule has 9 nitrogen and oxygen atoms in total. The number of amidine groups is 1. The van der Waals surface area contributed by atoms with Crippen LogP contribution in [0.4, 0.5) is 11.4 Å². The van der Waals surface area contributed by atoms with E-state index in [-0.39, 0.29) is 31.4 Å². The van der Waals surface area contributed by atoms with E-state index in [0.717, 1.165) is 0 Å².